The zero-order valence-corrected chi connectivity index (χ0v) is 13.7. The molecule has 7 nitrogen and oxygen atoms in total. The number of nitrogen functional groups attached to an aromatic ring is 1. The highest BCUT2D eigenvalue weighted by Crippen LogP contribution is 2.13. The Hall–Kier alpha value is -3.27. The Morgan fingerprint density at radius 2 is 2.08 bits per heavy atom. The Kier molecular flexibility index (Phi) is 5.58. The first-order chi connectivity index (χ1) is 11.5. The van der Waals surface area contributed by atoms with Gasteiger partial charge in [0.1, 0.15) is 24.0 Å². The van der Waals surface area contributed by atoms with E-state index in [1.807, 2.05) is 11.9 Å². The number of hydrogen-bond acceptors (Lipinski definition) is 7. The third-order valence-electron chi connectivity index (χ3n) is 3.21. The average Bonchev–Trinajstić information content (AvgIpc) is 2.56. The van der Waals surface area contributed by atoms with Gasteiger partial charge < -0.3 is 21.1 Å². The molecule has 2 rings (SSSR count). The van der Waals surface area contributed by atoms with E-state index in [9.17, 15) is 0 Å². The number of aryl methyl sites for hydroxylation is 1. The number of anilines is 1. The van der Waals surface area contributed by atoms with E-state index in [1.165, 1.54) is 0 Å². The SMILES string of the molecule is Cc1ncc(CN(C)/C=C(\N)COc2ccc(C#N)cc2)c(N)n1. The molecule has 0 aliphatic carbocycles. The average molecular weight is 324 g/mol. The second-order valence-corrected chi connectivity index (χ2v) is 5.37. The fourth-order valence-corrected chi connectivity index (χ4v) is 2.06. The van der Waals surface area contributed by atoms with Crippen LogP contribution in [0.3, 0.4) is 0 Å². The maximum Gasteiger partial charge on any atom is 0.132 e. The Morgan fingerprint density at radius 3 is 2.71 bits per heavy atom. The van der Waals surface area contributed by atoms with Crippen molar-refractivity contribution in [3.05, 3.63) is 59.3 Å². The molecule has 124 valence electrons. The lowest BCUT2D eigenvalue weighted by atomic mass is 10.2. The van der Waals surface area contributed by atoms with Crippen molar-refractivity contribution in [2.24, 2.45) is 5.73 Å². The van der Waals surface area contributed by atoms with Crippen molar-refractivity contribution >= 4 is 5.82 Å². The maximum absolute atomic E-state index is 8.76. The van der Waals surface area contributed by atoms with Gasteiger partial charge in [0.25, 0.3) is 0 Å². The third kappa shape index (κ3) is 4.88. The summed E-state index contributed by atoms with van der Waals surface area (Å²) in [4.78, 5) is 10.2. The highest BCUT2D eigenvalue weighted by Gasteiger charge is 2.05. The molecule has 24 heavy (non-hydrogen) atoms. The van der Waals surface area contributed by atoms with Crippen LogP contribution in [-0.2, 0) is 6.54 Å². The van der Waals surface area contributed by atoms with Crippen molar-refractivity contribution < 1.29 is 4.74 Å². The van der Waals surface area contributed by atoms with Crippen LogP contribution in [0.2, 0.25) is 0 Å². The molecule has 0 amide bonds. The third-order valence-corrected chi connectivity index (χ3v) is 3.21. The van der Waals surface area contributed by atoms with E-state index >= 15 is 0 Å². The number of hydrogen-bond donors (Lipinski definition) is 2. The van der Waals surface area contributed by atoms with E-state index in [0.717, 1.165) is 5.56 Å². The number of ether oxygens (including phenoxy) is 1. The summed E-state index contributed by atoms with van der Waals surface area (Å²) in [6.45, 7) is 2.59. The monoisotopic (exact) mass is 324 g/mol. The number of nitrogens with zero attached hydrogens (tertiary/aromatic N) is 4. The predicted octanol–water partition coefficient (Wildman–Crippen LogP) is 1.55. The smallest absolute Gasteiger partial charge is 0.132 e. The van der Waals surface area contributed by atoms with Crippen LogP contribution < -0.4 is 16.2 Å². The van der Waals surface area contributed by atoms with E-state index in [0.29, 0.717) is 35.2 Å². The van der Waals surface area contributed by atoms with E-state index < -0.39 is 0 Å². The van der Waals surface area contributed by atoms with Gasteiger partial charge in [0, 0.05) is 31.6 Å². The minimum atomic E-state index is 0.246. The Labute approximate surface area is 141 Å². The van der Waals surface area contributed by atoms with Gasteiger partial charge in [-0.1, -0.05) is 0 Å². The molecule has 0 saturated carbocycles. The molecule has 2 aromatic rings. The minimum absolute atomic E-state index is 0.246. The van der Waals surface area contributed by atoms with Gasteiger partial charge in [-0.3, -0.25) is 0 Å². The summed E-state index contributed by atoms with van der Waals surface area (Å²) in [5.41, 5.74) is 13.8. The normalized spacial score (nSPS) is 11.0. The first kappa shape index (κ1) is 17.1. The van der Waals surface area contributed by atoms with Crippen molar-refractivity contribution in [3.63, 3.8) is 0 Å². The minimum Gasteiger partial charge on any atom is -0.487 e. The standard InChI is InChI=1S/C17H20N6O/c1-12-21-8-14(17(20)22-12)9-23(2)10-15(19)11-24-16-5-3-13(7-18)4-6-16/h3-6,8,10H,9,11,19H2,1-2H3,(H2,20,21,22)/b15-10-. The van der Waals surface area contributed by atoms with Gasteiger partial charge in [-0.25, -0.2) is 9.97 Å². The van der Waals surface area contributed by atoms with Crippen molar-refractivity contribution in [1.82, 2.24) is 14.9 Å². The largest absolute Gasteiger partial charge is 0.487 e. The predicted molar refractivity (Wildman–Crippen MR) is 91.6 cm³/mol. The van der Waals surface area contributed by atoms with Crippen LogP contribution >= 0.6 is 0 Å². The number of aromatic nitrogens is 2. The second-order valence-electron chi connectivity index (χ2n) is 5.37. The summed E-state index contributed by atoms with van der Waals surface area (Å²) in [5.74, 6) is 1.77. The van der Waals surface area contributed by atoms with E-state index in [2.05, 4.69) is 16.0 Å². The molecule has 0 bridgehead atoms. The first-order valence-corrected chi connectivity index (χ1v) is 7.35. The lowest BCUT2D eigenvalue weighted by Crippen LogP contribution is -2.18. The van der Waals surface area contributed by atoms with Crippen LogP contribution in [0.25, 0.3) is 0 Å². The molecule has 0 unspecified atom stereocenters. The Bertz CT molecular complexity index is 764. The van der Waals surface area contributed by atoms with Gasteiger partial charge in [-0.05, 0) is 31.2 Å². The molecule has 1 heterocycles. The van der Waals surface area contributed by atoms with Gasteiger partial charge >= 0.3 is 0 Å². The fourth-order valence-electron chi connectivity index (χ4n) is 2.06. The van der Waals surface area contributed by atoms with E-state index in [1.54, 1.807) is 43.6 Å². The molecule has 4 N–H and O–H groups in total. The summed E-state index contributed by atoms with van der Waals surface area (Å²) >= 11 is 0. The van der Waals surface area contributed by atoms with Crippen molar-refractivity contribution in [2.75, 3.05) is 19.4 Å². The quantitative estimate of drug-likeness (QED) is 0.828. The van der Waals surface area contributed by atoms with Crippen LogP contribution in [0.1, 0.15) is 17.0 Å². The zero-order chi connectivity index (χ0) is 17.5. The second kappa shape index (κ2) is 7.83. The molecule has 0 radical (unpaired) electrons. The molecule has 1 aromatic heterocycles. The molecule has 0 aliphatic rings. The van der Waals surface area contributed by atoms with E-state index in [4.69, 9.17) is 21.5 Å². The summed E-state index contributed by atoms with van der Waals surface area (Å²) in [5, 5.41) is 8.76. The molecule has 0 fully saturated rings. The van der Waals surface area contributed by atoms with Crippen LogP contribution in [0, 0.1) is 18.3 Å². The number of nitriles is 1. The molecule has 7 heteroatoms. The number of nitrogens with two attached hydrogens (primary N) is 2. The van der Waals surface area contributed by atoms with Crippen LogP contribution in [0.5, 0.6) is 5.75 Å². The highest BCUT2D eigenvalue weighted by molar-refractivity contribution is 5.37. The lowest BCUT2D eigenvalue weighted by molar-refractivity contribution is 0.343. The molecule has 0 spiro atoms. The van der Waals surface area contributed by atoms with Crippen LogP contribution in [0.15, 0.2) is 42.4 Å². The van der Waals surface area contributed by atoms with Gasteiger partial charge in [0.05, 0.1) is 17.3 Å². The van der Waals surface area contributed by atoms with Gasteiger partial charge in [-0.15, -0.1) is 0 Å². The molecular formula is C17H20N6O. The summed E-state index contributed by atoms with van der Waals surface area (Å²) in [6.07, 6.45) is 3.49. The van der Waals surface area contributed by atoms with Crippen LogP contribution in [0.4, 0.5) is 5.82 Å². The van der Waals surface area contributed by atoms with Gasteiger partial charge in [-0.2, -0.15) is 5.26 Å². The first-order valence-electron chi connectivity index (χ1n) is 7.35. The van der Waals surface area contributed by atoms with Crippen molar-refractivity contribution in [2.45, 2.75) is 13.5 Å². The zero-order valence-electron chi connectivity index (χ0n) is 13.7. The van der Waals surface area contributed by atoms with Crippen LogP contribution in [-0.4, -0.2) is 28.5 Å². The lowest BCUT2D eigenvalue weighted by Gasteiger charge is -2.16. The summed E-state index contributed by atoms with van der Waals surface area (Å²) in [7, 11) is 1.88. The van der Waals surface area contributed by atoms with Gasteiger partial charge in [0.2, 0.25) is 0 Å². The van der Waals surface area contributed by atoms with Gasteiger partial charge in [0.15, 0.2) is 0 Å². The Morgan fingerprint density at radius 1 is 1.38 bits per heavy atom. The maximum atomic E-state index is 8.76. The fraction of sp³-hybridized carbons (Fsp3) is 0.235. The topological polar surface area (TPSA) is 114 Å². The van der Waals surface area contributed by atoms with E-state index in [-0.39, 0.29) is 6.61 Å². The van der Waals surface area contributed by atoms with Crippen molar-refractivity contribution in [3.8, 4) is 11.8 Å². The molecule has 0 atom stereocenters. The molecular weight excluding hydrogens is 304 g/mol. The molecule has 0 saturated heterocycles. The summed E-state index contributed by atoms with van der Waals surface area (Å²) < 4.78 is 5.58. The number of rotatable bonds is 6. The highest BCUT2D eigenvalue weighted by atomic mass is 16.5. The number of benzene rings is 1. The molecule has 1 aromatic carbocycles. The summed E-state index contributed by atoms with van der Waals surface area (Å²) in [6, 6.07) is 8.92. The Balaban J connectivity index is 1.90. The van der Waals surface area contributed by atoms with Crippen molar-refractivity contribution in [1.29, 1.82) is 5.26 Å². The molecule has 0 aliphatic heterocycles.